The number of rotatable bonds is 6. The van der Waals surface area contributed by atoms with Crippen LogP contribution in [0.3, 0.4) is 0 Å². The number of aromatic nitrogens is 1. The fourth-order valence-corrected chi connectivity index (χ4v) is 2.40. The number of hydrogen-bond donors (Lipinski definition) is 1. The van der Waals surface area contributed by atoms with Gasteiger partial charge in [0.25, 0.3) is 0 Å². The van der Waals surface area contributed by atoms with E-state index in [2.05, 4.69) is 10.3 Å². The van der Waals surface area contributed by atoms with Crippen molar-refractivity contribution in [3.8, 4) is 0 Å². The van der Waals surface area contributed by atoms with E-state index >= 15 is 0 Å². The smallest absolute Gasteiger partial charge is 0.360 e. The molecule has 0 aliphatic carbocycles. The first-order valence-electron chi connectivity index (χ1n) is 6.20. The molecule has 0 aliphatic rings. The van der Waals surface area contributed by atoms with E-state index in [4.69, 9.17) is 9.47 Å². The summed E-state index contributed by atoms with van der Waals surface area (Å²) < 4.78 is 10.1. The van der Waals surface area contributed by atoms with Crippen molar-refractivity contribution >= 4 is 28.0 Å². The van der Waals surface area contributed by atoms with Crippen molar-refractivity contribution < 1.29 is 14.3 Å². The normalized spacial score (nSPS) is 10.3. The van der Waals surface area contributed by atoms with Crippen LogP contribution in [0.2, 0.25) is 0 Å². The first kappa shape index (κ1) is 14.5. The Hall–Kier alpha value is -1.92. The van der Waals surface area contributed by atoms with E-state index in [1.807, 2.05) is 24.3 Å². The maximum Gasteiger partial charge on any atom is 0.360 e. The largest absolute Gasteiger partial charge is 0.461 e. The number of carbonyl (C=O) groups excluding carboxylic acids is 1. The summed E-state index contributed by atoms with van der Waals surface area (Å²) in [6.45, 7) is 2.65. The van der Waals surface area contributed by atoms with Crippen LogP contribution >= 0.6 is 11.3 Å². The molecule has 1 aromatic carbocycles. The number of ether oxygens (including phenoxy) is 2. The molecular formula is C14H16N2O3S. The summed E-state index contributed by atoms with van der Waals surface area (Å²) in [6, 6.07) is 7.81. The van der Waals surface area contributed by atoms with Crippen molar-refractivity contribution in [2.75, 3.05) is 19.0 Å². The molecule has 106 valence electrons. The topological polar surface area (TPSA) is 60.5 Å². The monoisotopic (exact) mass is 292 g/mol. The lowest BCUT2D eigenvalue weighted by Gasteiger charge is -2.07. The molecule has 5 nitrogen and oxygen atoms in total. The van der Waals surface area contributed by atoms with Gasteiger partial charge < -0.3 is 14.8 Å². The fourth-order valence-electron chi connectivity index (χ4n) is 1.72. The standard InChI is InChI=1S/C14H16N2O3S/c1-3-19-14(17)12-13(20-9-15-12)16-11-6-4-5-10(7-11)8-18-2/h4-7,9,16H,3,8H2,1-2H3. The van der Waals surface area contributed by atoms with Crippen LogP contribution in [0.25, 0.3) is 0 Å². The summed E-state index contributed by atoms with van der Waals surface area (Å²) in [7, 11) is 1.65. The van der Waals surface area contributed by atoms with E-state index in [9.17, 15) is 4.79 Å². The van der Waals surface area contributed by atoms with Gasteiger partial charge in [-0.15, -0.1) is 11.3 Å². The number of thiazole rings is 1. The lowest BCUT2D eigenvalue weighted by molar-refractivity contribution is 0.0521. The molecule has 0 saturated heterocycles. The van der Waals surface area contributed by atoms with Crippen LogP contribution in [0.5, 0.6) is 0 Å². The second-order valence-electron chi connectivity index (χ2n) is 4.01. The Kier molecular flexibility index (Phi) is 5.09. The molecule has 0 fully saturated rings. The molecule has 1 N–H and O–H groups in total. The van der Waals surface area contributed by atoms with E-state index < -0.39 is 5.97 Å². The third kappa shape index (κ3) is 3.55. The minimum atomic E-state index is -0.413. The summed E-state index contributed by atoms with van der Waals surface area (Å²) in [5.41, 5.74) is 3.87. The van der Waals surface area contributed by atoms with Crippen molar-refractivity contribution in [1.82, 2.24) is 4.98 Å². The quantitative estimate of drug-likeness (QED) is 0.828. The summed E-state index contributed by atoms with van der Waals surface area (Å²) in [4.78, 5) is 15.8. The fraction of sp³-hybridized carbons (Fsp3) is 0.286. The van der Waals surface area contributed by atoms with Crippen LogP contribution in [0.4, 0.5) is 10.7 Å². The second-order valence-corrected chi connectivity index (χ2v) is 4.86. The van der Waals surface area contributed by atoms with Gasteiger partial charge in [-0.1, -0.05) is 12.1 Å². The van der Waals surface area contributed by atoms with Crippen LogP contribution < -0.4 is 5.32 Å². The minimum Gasteiger partial charge on any atom is -0.461 e. The molecule has 0 spiro atoms. The third-order valence-corrected chi connectivity index (χ3v) is 3.27. The highest BCUT2D eigenvalue weighted by Crippen LogP contribution is 2.26. The average molecular weight is 292 g/mol. The van der Waals surface area contributed by atoms with Crippen LogP contribution in [0.1, 0.15) is 23.0 Å². The van der Waals surface area contributed by atoms with Crippen LogP contribution in [-0.4, -0.2) is 24.7 Å². The maximum absolute atomic E-state index is 11.7. The number of nitrogens with one attached hydrogen (secondary N) is 1. The SMILES string of the molecule is CCOC(=O)c1ncsc1Nc1cccc(COC)c1. The van der Waals surface area contributed by atoms with Crippen molar-refractivity contribution in [3.05, 3.63) is 41.0 Å². The lowest BCUT2D eigenvalue weighted by Crippen LogP contribution is -2.07. The van der Waals surface area contributed by atoms with E-state index in [0.717, 1.165) is 11.3 Å². The molecule has 0 amide bonds. The van der Waals surface area contributed by atoms with Gasteiger partial charge >= 0.3 is 5.97 Å². The van der Waals surface area contributed by atoms with Gasteiger partial charge in [-0.2, -0.15) is 0 Å². The zero-order valence-electron chi connectivity index (χ0n) is 11.4. The predicted octanol–water partition coefficient (Wildman–Crippen LogP) is 3.21. The number of benzene rings is 1. The molecule has 0 atom stereocenters. The summed E-state index contributed by atoms with van der Waals surface area (Å²) >= 11 is 1.36. The summed E-state index contributed by atoms with van der Waals surface area (Å²) in [6.07, 6.45) is 0. The maximum atomic E-state index is 11.7. The Balaban J connectivity index is 2.16. The van der Waals surface area contributed by atoms with Gasteiger partial charge in [0.1, 0.15) is 5.00 Å². The molecule has 0 unspecified atom stereocenters. The highest BCUT2D eigenvalue weighted by atomic mass is 32.1. The van der Waals surface area contributed by atoms with Crippen LogP contribution in [0.15, 0.2) is 29.8 Å². The molecule has 6 heteroatoms. The first-order chi connectivity index (χ1) is 9.74. The Bertz CT molecular complexity index is 583. The van der Waals surface area contributed by atoms with Crippen molar-refractivity contribution in [2.45, 2.75) is 13.5 Å². The molecule has 0 aliphatic heterocycles. The highest BCUT2D eigenvalue weighted by Gasteiger charge is 2.16. The number of methoxy groups -OCH3 is 1. The van der Waals surface area contributed by atoms with Crippen molar-refractivity contribution in [3.63, 3.8) is 0 Å². The number of carbonyl (C=O) groups is 1. The van der Waals surface area contributed by atoms with E-state index in [1.54, 1.807) is 19.5 Å². The van der Waals surface area contributed by atoms with Gasteiger partial charge in [-0.05, 0) is 24.6 Å². The lowest BCUT2D eigenvalue weighted by atomic mass is 10.2. The molecule has 1 heterocycles. The molecule has 0 radical (unpaired) electrons. The zero-order valence-corrected chi connectivity index (χ0v) is 12.2. The third-order valence-electron chi connectivity index (χ3n) is 2.53. The van der Waals surface area contributed by atoms with E-state index in [1.165, 1.54) is 11.3 Å². The van der Waals surface area contributed by atoms with Gasteiger partial charge in [0, 0.05) is 12.8 Å². The average Bonchev–Trinajstić information content (AvgIpc) is 2.88. The zero-order chi connectivity index (χ0) is 14.4. The van der Waals surface area contributed by atoms with Crippen LogP contribution in [0, 0.1) is 0 Å². The Morgan fingerprint density at radius 1 is 1.45 bits per heavy atom. The highest BCUT2D eigenvalue weighted by molar-refractivity contribution is 7.14. The molecule has 0 saturated carbocycles. The van der Waals surface area contributed by atoms with Gasteiger partial charge in [-0.3, -0.25) is 0 Å². The van der Waals surface area contributed by atoms with Crippen LogP contribution in [-0.2, 0) is 16.1 Å². The second kappa shape index (κ2) is 7.02. The number of esters is 1. The number of hydrogen-bond acceptors (Lipinski definition) is 6. The molecule has 0 bridgehead atoms. The number of anilines is 2. The van der Waals surface area contributed by atoms with Crippen molar-refractivity contribution in [2.24, 2.45) is 0 Å². The Morgan fingerprint density at radius 2 is 2.30 bits per heavy atom. The molecular weight excluding hydrogens is 276 g/mol. The predicted molar refractivity (Wildman–Crippen MR) is 78.5 cm³/mol. The molecule has 1 aromatic heterocycles. The van der Waals surface area contributed by atoms with E-state index in [0.29, 0.717) is 23.9 Å². The van der Waals surface area contributed by atoms with Gasteiger partial charge in [-0.25, -0.2) is 9.78 Å². The van der Waals surface area contributed by atoms with Crippen molar-refractivity contribution in [1.29, 1.82) is 0 Å². The molecule has 2 aromatic rings. The van der Waals surface area contributed by atoms with Gasteiger partial charge in [0.15, 0.2) is 5.69 Å². The number of nitrogens with zero attached hydrogens (tertiary/aromatic N) is 1. The summed E-state index contributed by atoms with van der Waals surface area (Å²) in [5.74, 6) is -0.413. The van der Waals surface area contributed by atoms with Gasteiger partial charge in [0.05, 0.1) is 18.7 Å². The Labute approximate surface area is 121 Å². The molecule has 20 heavy (non-hydrogen) atoms. The summed E-state index contributed by atoms with van der Waals surface area (Å²) in [5, 5.41) is 3.87. The Morgan fingerprint density at radius 3 is 3.05 bits per heavy atom. The first-order valence-corrected chi connectivity index (χ1v) is 7.08. The van der Waals surface area contributed by atoms with E-state index in [-0.39, 0.29) is 0 Å². The molecule has 2 rings (SSSR count). The minimum absolute atomic E-state index is 0.314. The van der Waals surface area contributed by atoms with Gasteiger partial charge in [0.2, 0.25) is 0 Å².